The van der Waals surface area contributed by atoms with E-state index in [4.69, 9.17) is 19.2 Å². The number of ether oxygens (including phenoxy) is 3. The molecule has 1 atom stereocenters. The highest BCUT2D eigenvalue weighted by atomic mass is 19.1. The second-order valence-electron chi connectivity index (χ2n) is 11.0. The van der Waals surface area contributed by atoms with E-state index in [-0.39, 0.29) is 0 Å². The Labute approximate surface area is 227 Å². The summed E-state index contributed by atoms with van der Waals surface area (Å²) >= 11 is 0. The van der Waals surface area contributed by atoms with Gasteiger partial charge in [-0.05, 0) is 82.9 Å². The molecule has 1 aliphatic heterocycles. The first-order valence-corrected chi connectivity index (χ1v) is 13.1. The van der Waals surface area contributed by atoms with Gasteiger partial charge in [-0.2, -0.15) is 0 Å². The smallest absolute Gasteiger partial charge is 0.339 e. The Bertz CT molecular complexity index is 1570. The number of pyridine rings is 2. The Hall–Kier alpha value is -3.78. The summed E-state index contributed by atoms with van der Waals surface area (Å²) in [4.78, 5) is 22.4. The van der Waals surface area contributed by atoms with Gasteiger partial charge in [0, 0.05) is 52.8 Å². The van der Waals surface area contributed by atoms with Crippen LogP contribution in [0.25, 0.3) is 33.4 Å². The highest BCUT2D eigenvalue weighted by molar-refractivity contribution is 6.01. The third kappa shape index (κ3) is 4.78. The van der Waals surface area contributed by atoms with Crippen molar-refractivity contribution in [2.75, 3.05) is 13.7 Å². The van der Waals surface area contributed by atoms with Gasteiger partial charge in [-0.1, -0.05) is 0 Å². The van der Waals surface area contributed by atoms with E-state index < -0.39 is 23.5 Å². The third-order valence-corrected chi connectivity index (χ3v) is 7.23. The minimum Gasteiger partial charge on any atom is -0.490 e. The molecule has 0 fully saturated rings. The van der Waals surface area contributed by atoms with Crippen LogP contribution in [0.1, 0.15) is 55.7 Å². The van der Waals surface area contributed by atoms with Crippen molar-refractivity contribution in [3.63, 3.8) is 0 Å². The van der Waals surface area contributed by atoms with E-state index >= 15 is 4.39 Å². The van der Waals surface area contributed by atoms with Gasteiger partial charge in [0.2, 0.25) is 0 Å². The van der Waals surface area contributed by atoms with Crippen molar-refractivity contribution >= 4 is 17.0 Å². The molecule has 0 unspecified atom stereocenters. The molecule has 204 valence electrons. The summed E-state index contributed by atoms with van der Waals surface area (Å²) in [5.41, 5.74) is 6.25. The van der Waals surface area contributed by atoms with Crippen LogP contribution in [0, 0.1) is 19.7 Å². The summed E-state index contributed by atoms with van der Waals surface area (Å²) in [5.74, 6) is -0.650. The number of aryl methyl sites for hydroxylation is 2. The fourth-order valence-electron chi connectivity index (χ4n) is 5.47. The molecule has 8 heteroatoms. The van der Waals surface area contributed by atoms with Crippen LogP contribution < -0.4 is 4.74 Å². The van der Waals surface area contributed by atoms with Gasteiger partial charge in [-0.3, -0.25) is 4.98 Å². The molecule has 1 aliphatic rings. The maximum atomic E-state index is 15.6. The highest BCUT2D eigenvalue weighted by Crippen LogP contribution is 2.45. The summed E-state index contributed by atoms with van der Waals surface area (Å²) in [7, 11) is 3.29. The van der Waals surface area contributed by atoms with E-state index in [9.17, 15) is 4.79 Å². The highest BCUT2D eigenvalue weighted by Gasteiger charge is 2.35. The van der Waals surface area contributed by atoms with Crippen molar-refractivity contribution in [3.05, 3.63) is 64.9 Å². The number of carbonyl (C=O) groups is 1. The van der Waals surface area contributed by atoms with Crippen molar-refractivity contribution in [1.29, 1.82) is 0 Å². The molecule has 0 N–H and O–H groups in total. The van der Waals surface area contributed by atoms with Crippen LogP contribution in [-0.2, 0) is 27.7 Å². The van der Waals surface area contributed by atoms with Crippen molar-refractivity contribution < 1.29 is 23.4 Å². The zero-order valence-electron chi connectivity index (χ0n) is 23.5. The topological polar surface area (TPSA) is 75.5 Å². The predicted molar refractivity (Wildman–Crippen MR) is 148 cm³/mol. The van der Waals surface area contributed by atoms with Gasteiger partial charge in [-0.25, -0.2) is 14.2 Å². The van der Waals surface area contributed by atoms with Crippen LogP contribution in [0.15, 0.2) is 36.7 Å². The van der Waals surface area contributed by atoms with Gasteiger partial charge in [-0.15, -0.1) is 0 Å². The first kappa shape index (κ1) is 26.8. The summed E-state index contributed by atoms with van der Waals surface area (Å²) < 4.78 is 34.9. The predicted octanol–water partition coefficient (Wildman–Crippen LogP) is 6.41. The molecule has 39 heavy (non-hydrogen) atoms. The Balaban J connectivity index is 1.91. The molecule has 5 rings (SSSR count). The molecule has 0 bridgehead atoms. The molecule has 0 spiro atoms. The molecular weight excluding hydrogens is 497 g/mol. The van der Waals surface area contributed by atoms with Gasteiger partial charge in [0.25, 0.3) is 0 Å². The van der Waals surface area contributed by atoms with Crippen molar-refractivity contribution in [3.8, 4) is 28.1 Å². The van der Waals surface area contributed by atoms with E-state index in [1.54, 1.807) is 12.4 Å². The van der Waals surface area contributed by atoms with E-state index in [0.29, 0.717) is 46.8 Å². The normalized spacial score (nSPS) is 14.2. The van der Waals surface area contributed by atoms with Crippen LogP contribution in [0.2, 0.25) is 0 Å². The Morgan fingerprint density at radius 3 is 2.56 bits per heavy atom. The van der Waals surface area contributed by atoms with Crippen molar-refractivity contribution in [2.45, 2.75) is 59.2 Å². The molecule has 0 aliphatic carbocycles. The monoisotopic (exact) mass is 531 g/mol. The molecule has 0 amide bonds. The number of rotatable bonds is 5. The number of nitrogens with zero attached hydrogens (tertiary/aromatic N) is 3. The molecule has 0 saturated carbocycles. The Morgan fingerprint density at radius 1 is 1.18 bits per heavy atom. The first-order valence-electron chi connectivity index (χ1n) is 13.1. The SMILES string of the molecule is COC(=O)[C@@H](OC(C)(C)C)c1c(C)nc2c(cc(-c3ccncc3)n2C)c1-c1cc(F)c2c(c1C)CCCO2. The summed E-state index contributed by atoms with van der Waals surface area (Å²) in [6.45, 7) is 9.98. The number of hydrogen-bond acceptors (Lipinski definition) is 6. The number of esters is 1. The summed E-state index contributed by atoms with van der Waals surface area (Å²) in [6, 6.07) is 7.42. The minimum atomic E-state index is -1.07. The van der Waals surface area contributed by atoms with Crippen LogP contribution in [0.4, 0.5) is 4.39 Å². The summed E-state index contributed by atoms with van der Waals surface area (Å²) in [6.07, 6.45) is 3.94. The fraction of sp³-hybridized carbons (Fsp3) is 0.387. The number of aromatic nitrogens is 3. The average molecular weight is 532 g/mol. The van der Waals surface area contributed by atoms with E-state index in [0.717, 1.165) is 34.2 Å². The molecule has 0 saturated heterocycles. The van der Waals surface area contributed by atoms with Crippen LogP contribution in [0.5, 0.6) is 5.75 Å². The lowest BCUT2D eigenvalue weighted by Gasteiger charge is -2.29. The molecule has 4 heterocycles. The molecule has 7 nitrogen and oxygen atoms in total. The van der Waals surface area contributed by atoms with Crippen LogP contribution >= 0.6 is 0 Å². The van der Waals surface area contributed by atoms with Crippen molar-refractivity contribution in [1.82, 2.24) is 14.5 Å². The third-order valence-electron chi connectivity index (χ3n) is 7.23. The van der Waals surface area contributed by atoms with Gasteiger partial charge in [0.15, 0.2) is 17.7 Å². The maximum absolute atomic E-state index is 15.6. The lowest BCUT2D eigenvalue weighted by molar-refractivity contribution is -0.164. The van der Waals surface area contributed by atoms with E-state index in [1.807, 2.05) is 64.4 Å². The zero-order chi connectivity index (χ0) is 28.1. The number of methoxy groups -OCH3 is 1. The van der Waals surface area contributed by atoms with Gasteiger partial charge >= 0.3 is 5.97 Å². The number of hydrogen-bond donors (Lipinski definition) is 0. The molecule has 4 aromatic rings. The fourth-order valence-corrected chi connectivity index (χ4v) is 5.47. The maximum Gasteiger partial charge on any atom is 0.339 e. The zero-order valence-corrected chi connectivity index (χ0v) is 23.5. The first-order chi connectivity index (χ1) is 18.5. The second kappa shape index (κ2) is 10.1. The number of halogens is 1. The lowest BCUT2D eigenvalue weighted by atomic mass is 9.86. The summed E-state index contributed by atoms with van der Waals surface area (Å²) in [5, 5.41) is 0.788. The van der Waals surface area contributed by atoms with E-state index in [2.05, 4.69) is 4.98 Å². The van der Waals surface area contributed by atoms with Crippen LogP contribution in [-0.4, -0.2) is 39.8 Å². The standard InChI is InChI=1S/C31H34FN3O4/c1-17-20-9-8-14-38-27(20)23(32)15-21(17)26-22-16-24(19-10-12-33-13-11-19)35(6)29(22)34-18(2)25(26)28(30(36)37-7)39-31(3,4)5/h10-13,15-16,28H,8-9,14H2,1-7H3/t28-/m0/s1. The molecule has 1 aromatic carbocycles. The largest absolute Gasteiger partial charge is 0.490 e. The van der Waals surface area contributed by atoms with Gasteiger partial charge in [0.1, 0.15) is 5.65 Å². The lowest BCUT2D eigenvalue weighted by Crippen LogP contribution is -2.29. The molecule has 3 aromatic heterocycles. The minimum absolute atomic E-state index is 0.312. The van der Waals surface area contributed by atoms with Crippen molar-refractivity contribution in [2.24, 2.45) is 7.05 Å². The molecule has 0 radical (unpaired) electrons. The second-order valence-corrected chi connectivity index (χ2v) is 11.0. The molecular formula is C31H34FN3O4. The Morgan fingerprint density at radius 2 is 1.90 bits per heavy atom. The average Bonchev–Trinajstić information content (AvgIpc) is 3.24. The van der Waals surface area contributed by atoms with E-state index in [1.165, 1.54) is 13.2 Å². The van der Waals surface area contributed by atoms with Gasteiger partial charge in [0.05, 0.1) is 25.0 Å². The van der Waals surface area contributed by atoms with Gasteiger partial charge < -0.3 is 18.8 Å². The van der Waals surface area contributed by atoms with Crippen LogP contribution in [0.3, 0.4) is 0 Å². The number of fused-ring (bicyclic) bond motifs is 2. The quantitative estimate of drug-likeness (QED) is 0.277. The number of benzene rings is 1. The number of carbonyl (C=O) groups excluding carboxylic acids is 1. The Kier molecular flexibility index (Phi) is 6.93.